The van der Waals surface area contributed by atoms with Crippen molar-refractivity contribution in [1.29, 1.82) is 0 Å². The third-order valence-corrected chi connectivity index (χ3v) is 3.98. The van der Waals surface area contributed by atoms with Crippen molar-refractivity contribution in [2.45, 2.75) is 27.7 Å². The van der Waals surface area contributed by atoms with Gasteiger partial charge in [-0.15, -0.1) is 0 Å². The molecule has 0 amide bonds. The zero-order valence-electron chi connectivity index (χ0n) is 11.5. The summed E-state index contributed by atoms with van der Waals surface area (Å²) in [6.45, 7) is 10.7. The zero-order valence-corrected chi connectivity index (χ0v) is 11.5. The number of carbonyl (C=O) groups is 1. The number of rotatable bonds is 2. The summed E-state index contributed by atoms with van der Waals surface area (Å²) in [6, 6.07) is 5.51. The Morgan fingerprint density at radius 1 is 1.33 bits per heavy atom. The molecule has 1 aromatic rings. The lowest BCUT2D eigenvalue weighted by Gasteiger charge is -2.48. The van der Waals surface area contributed by atoms with Crippen molar-refractivity contribution in [2.24, 2.45) is 11.3 Å². The molecule has 0 aliphatic carbocycles. The van der Waals surface area contributed by atoms with Crippen molar-refractivity contribution < 1.29 is 9.90 Å². The molecule has 0 radical (unpaired) electrons. The van der Waals surface area contributed by atoms with Crippen molar-refractivity contribution >= 4 is 11.7 Å². The van der Waals surface area contributed by atoms with E-state index in [2.05, 4.69) is 25.7 Å². The summed E-state index contributed by atoms with van der Waals surface area (Å²) in [6.07, 6.45) is 0. The third-order valence-electron chi connectivity index (χ3n) is 3.98. The first kappa shape index (κ1) is 12.9. The number of hydrogen-bond acceptors (Lipinski definition) is 2. The van der Waals surface area contributed by atoms with E-state index in [9.17, 15) is 4.79 Å². The Morgan fingerprint density at radius 2 is 1.94 bits per heavy atom. The predicted molar refractivity (Wildman–Crippen MR) is 73.3 cm³/mol. The van der Waals surface area contributed by atoms with Gasteiger partial charge in [0.1, 0.15) is 0 Å². The van der Waals surface area contributed by atoms with Crippen LogP contribution in [0.5, 0.6) is 0 Å². The fraction of sp³-hybridized carbons (Fsp3) is 0.533. The van der Waals surface area contributed by atoms with E-state index in [4.69, 9.17) is 5.11 Å². The molecule has 3 heteroatoms. The molecule has 1 aromatic carbocycles. The first-order valence-electron chi connectivity index (χ1n) is 6.38. The summed E-state index contributed by atoms with van der Waals surface area (Å²) >= 11 is 0. The van der Waals surface area contributed by atoms with Crippen molar-refractivity contribution in [3.05, 3.63) is 29.3 Å². The number of carboxylic acid groups (broad SMARTS) is 1. The van der Waals surface area contributed by atoms with Gasteiger partial charge in [-0.2, -0.15) is 0 Å². The van der Waals surface area contributed by atoms with Gasteiger partial charge < -0.3 is 10.0 Å². The molecule has 0 bridgehead atoms. The minimum atomic E-state index is -0.845. The number of benzene rings is 1. The van der Waals surface area contributed by atoms with Crippen LogP contribution in [0.15, 0.2) is 18.2 Å². The maximum Gasteiger partial charge on any atom is 0.336 e. The summed E-state index contributed by atoms with van der Waals surface area (Å²) in [7, 11) is 0. The minimum Gasteiger partial charge on any atom is -0.478 e. The lowest BCUT2D eigenvalue weighted by atomic mass is 9.75. The topological polar surface area (TPSA) is 40.5 Å². The van der Waals surface area contributed by atoms with Crippen molar-refractivity contribution in [3.63, 3.8) is 0 Å². The van der Waals surface area contributed by atoms with Gasteiger partial charge >= 0.3 is 5.97 Å². The van der Waals surface area contributed by atoms with Crippen LogP contribution in [0.2, 0.25) is 0 Å². The van der Waals surface area contributed by atoms with Crippen LogP contribution in [-0.4, -0.2) is 24.2 Å². The van der Waals surface area contributed by atoms with E-state index in [1.165, 1.54) is 0 Å². The van der Waals surface area contributed by atoms with E-state index >= 15 is 0 Å². The molecule has 18 heavy (non-hydrogen) atoms. The molecule has 0 spiro atoms. The maximum atomic E-state index is 11.1. The predicted octanol–water partition coefficient (Wildman–Crippen LogP) is 3.18. The molecule has 1 aliphatic heterocycles. The standard InChI is InChI=1S/C15H21NO2/c1-10-12(14(17)18)6-5-7-13(10)16-8-11(9-16)15(2,3)4/h5-7,11H,8-9H2,1-4H3,(H,17,18). The van der Waals surface area contributed by atoms with Gasteiger partial charge in [0.2, 0.25) is 0 Å². The summed E-state index contributed by atoms with van der Waals surface area (Å²) in [5.74, 6) is -0.160. The largest absolute Gasteiger partial charge is 0.478 e. The lowest BCUT2D eigenvalue weighted by Crippen LogP contribution is -2.52. The Hall–Kier alpha value is -1.51. The summed E-state index contributed by atoms with van der Waals surface area (Å²) in [5, 5.41) is 9.13. The van der Waals surface area contributed by atoms with Crippen LogP contribution in [0.3, 0.4) is 0 Å². The number of nitrogens with zero attached hydrogens (tertiary/aromatic N) is 1. The molecule has 98 valence electrons. The molecule has 3 nitrogen and oxygen atoms in total. The Bertz CT molecular complexity index is 468. The van der Waals surface area contributed by atoms with Crippen LogP contribution in [0.1, 0.15) is 36.7 Å². The average Bonchev–Trinajstić information content (AvgIpc) is 2.15. The minimum absolute atomic E-state index is 0.328. The smallest absolute Gasteiger partial charge is 0.336 e. The molecule has 1 heterocycles. The summed E-state index contributed by atoms with van der Waals surface area (Å²) in [5.41, 5.74) is 2.67. The highest BCUT2D eigenvalue weighted by molar-refractivity contribution is 5.91. The van der Waals surface area contributed by atoms with Crippen LogP contribution in [0, 0.1) is 18.3 Å². The quantitative estimate of drug-likeness (QED) is 0.872. The monoisotopic (exact) mass is 247 g/mol. The van der Waals surface area contributed by atoms with Crippen LogP contribution < -0.4 is 4.90 Å². The Kier molecular flexibility index (Phi) is 3.09. The molecule has 2 rings (SSSR count). The van der Waals surface area contributed by atoms with E-state index < -0.39 is 5.97 Å². The first-order valence-corrected chi connectivity index (χ1v) is 6.38. The SMILES string of the molecule is Cc1c(C(=O)O)cccc1N1CC(C(C)(C)C)C1. The molecule has 1 saturated heterocycles. The number of aromatic carboxylic acids is 1. The molecule has 1 aliphatic rings. The third kappa shape index (κ3) is 2.22. The zero-order chi connectivity index (χ0) is 13.5. The molecular formula is C15H21NO2. The summed E-state index contributed by atoms with van der Waals surface area (Å²) < 4.78 is 0. The molecule has 0 atom stereocenters. The molecule has 1 N–H and O–H groups in total. The molecule has 0 unspecified atom stereocenters. The van der Waals surface area contributed by atoms with Crippen molar-refractivity contribution in [3.8, 4) is 0 Å². The number of anilines is 1. The highest BCUT2D eigenvalue weighted by atomic mass is 16.4. The maximum absolute atomic E-state index is 11.1. The molecule has 1 fully saturated rings. The van der Waals surface area contributed by atoms with Gasteiger partial charge in [0.05, 0.1) is 5.56 Å². The summed E-state index contributed by atoms with van der Waals surface area (Å²) in [4.78, 5) is 13.4. The van der Waals surface area contributed by atoms with Crippen molar-refractivity contribution in [1.82, 2.24) is 0 Å². The lowest BCUT2D eigenvalue weighted by molar-refractivity contribution is 0.0696. The van der Waals surface area contributed by atoms with Gasteiger partial charge in [-0.3, -0.25) is 0 Å². The van der Waals surface area contributed by atoms with Gasteiger partial charge in [0, 0.05) is 18.8 Å². The van der Waals surface area contributed by atoms with E-state index in [1.807, 2.05) is 19.1 Å². The molecular weight excluding hydrogens is 226 g/mol. The second-order valence-electron chi connectivity index (χ2n) is 6.22. The Labute approximate surface area is 108 Å². The second kappa shape index (κ2) is 4.30. The van der Waals surface area contributed by atoms with Gasteiger partial charge in [-0.25, -0.2) is 4.79 Å². The van der Waals surface area contributed by atoms with E-state index in [0.717, 1.165) is 24.3 Å². The Morgan fingerprint density at radius 3 is 2.44 bits per heavy atom. The van der Waals surface area contributed by atoms with Crippen LogP contribution in [0.4, 0.5) is 5.69 Å². The van der Waals surface area contributed by atoms with Crippen LogP contribution in [0.25, 0.3) is 0 Å². The number of hydrogen-bond donors (Lipinski definition) is 1. The highest BCUT2D eigenvalue weighted by Crippen LogP contribution is 2.37. The fourth-order valence-electron chi connectivity index (χ4n) is 2.42. The van der Waals surface area contributed by atoms with Gasteiger partial charge in [0.15, 0.2) is 0 Å². The second-order valence-corrected chi connectivity index (χ2v) is 6.22. The van der Waals surface area contributed by atoms with Gasteiger partial charge in [-0.05, 0) is 36.0 Å². The average molecular weight is 247 g/mol. The molecule has 0 saturated carbocycles. The highest BCUT2D eigenvalue weighted by Gasteiger charge is 2.36. The molecule has 0 aromatic heterocycles. The number of carboxylic acids is 1. The van der Waals surface area contributed by atoms with E-state index in [-0.39, 0.29) is 0 Å². The van der Waals surface area contributed by atoms with Gasteiger partial charge in [-0.1, -0.05) is 26.8 Å². The van der Waals surface area contributed by atoms with E-state index in [1.54, 1.807) is 6.07 Å². The van der Waals surface area contributed by atoms with Crippen LogP contribution >= 0.6 is 0 Å². The normalized spacial score (nSPS) is 16.6. The van der Waals surface area contributed by atoms with Gasteiger partial charge in [0.25, 0.3) is 0 Å². The van der Waals surface area contributed by atoms with Crippen LogP contribution in [-0.2, 0) is 0 Å². The fourth-order valence-corrected chi connectivity index (χ4v) is 2.42. The van der Waals surface area contributed by atoms with E-state index in [0.29, 0.717) is 16.9 Å². The van der Waals surface area contributed by atoms with Crippen molar-refractivity contribution in [2.75, 3.05) is 18.0 Å². The Balaban J connectivity index is 2.18. The first-order chi connectivity index (χ1) is 8.30.